The highest BCUT2D eigenvalue weighted by molar-refractivity contribution is 14.0. The fraction of sp³-hybridized carbons (Fsp3) is 0.588. The Hall–Kier alpha value is -0.480. The van der Waals surface area contributed by atoms with Crippen molar-refractivity contribution in [1.29, 1.82) is 0 Å². The van der Waals surface area contributed by atoms with Crippen molar-refractivity contribution in [2.75, 3.05) is 33.4 Å². The Morgan fingerprint density at radius 1 is 1.31 bits per heavy atom. The first-order valence-electron chi connectivity index (χ1n) is 8.11. The number of halogens is 3. The lowest BCUT2D eigenvalue weighted by molar-refractivity contribution is 0.0310. The maximum Gasteiger partial charge on any atom is 0.191 e. The molecule has 1 atom stereocenters. The van der Waals surface area contributed by atoms with Crippen LogP contribution in [0.4, 0.5) is 0 Å². The Kier molecular flexibility index (Phi) is 12.6. The molecule has 0 radical (unpaired) electrons. The van der Waals surface area contributed by atoms with Crippen LogP contribution in [0.5, 0.6) is 5.75 Å². The number of aliphatic hydroxyl groups excluding tert-OH is 1. The first kappa shape index (κ1) is 25.5. The number of aliphatic hydroxyl groups is 1. The Morgan fingerprint density at radius 3 is 2.62 bits per heavy atom. The van der Waals surface area contributed by atoms with E-state index in [0.29, 0.717) is 34.8 Å². The number of ether oxygens (including phenoxy) is 2. The molecule has 0 fully saturated rings. The van der Waals surface area contributed by atoms with Gasteiger partial charge in [-0.15, -0.1) is 24.0 Å². The van der Waals surface area contributed by atoms with E-state index in [2.05, 4.69) is 15.6 Å². The van der Waals surface area contributed by atoms with Crippen molar-refractivity contribution < 1.29 is 14.6 Å². The number of nitrogens with one attached hydrogen (secondary N) is 2. The molecule has 3 N–H and O–H groups in total. The maximum absolute atomic E-state index is 10.1. The van der Waals surface area contributed by atoms with Gasteiger partial charge in [0.15, 0.2) is 5.96 Å². The molecule has 0 aliphatic heterocycles. The number of methoxy groups -OCH3 is 1. The second-order valence-corrected chi connectivity index (χ2v) is 6.84. The SMILES string of the molecule is CCNC(=NCC(C)(C)OC)NCC(O)COc1cccc(Cl)c1Cl.I. The molecule has 0 bridgehead atoms. The smallest absolute Gasteiger partial charge is 0.191 e. The Labute approximate surface area is 182 Å². The van der Waals surface area contributed by atoms with Gasteiger partial charge in [-0.1, -0.05) is 29.3 Å². The van der Waals surface area contributed by atoms with Crippen LogP contribution in [-0.2, 0) is 4.74 Å². The van der Waals surface area contributed by atoms with Gasteiger partial charge in [-0.25, -0.2) is 0 Å². The third kappa shape index (κ3) is 9.45. The molecule has 0 aliphatic rings. The number of hydrogen-bond acceptors (Lipinski definition) is 4. The van der Waals surface area contributed by atoms with Gasteiger partial charge in [0.05, 0.1) is 17.2 Å². The third-order valence-corrected chi connectivity index (χ3v) is 4.17. The van der Waals surface area contributed by atoms with Crippen LogP contribution < -0.4 is 15.4 Å². The largest absolute Gasteiger partial charge is 0.489 e. The van der Waals surface area contributed by atoms with Crippen molar-refractivity contribution in [1.82, 2.24) is 10.6 Å². The van der Waals surface area contributed by atoms with E-state index in [4.69, 9.17) is 32.7 Å². The zero-order valence-corrected chi connectivity index (χ0v) is 19.4. The van der Waals surface area contributed by atoms with Crippen LogP contribution in [0.1, 0.15) is 20.8 Å². The predicted octanol–water partition coefficient (Wildman–Crippen LogP) is 3.33. The molecule has 9 heteroatoms. The van der Waals surface area contributed by atoms with Crippen LogP contribution in [-0.4, -0.2) is 56.1 Å². The Bertz CT molecular complexity index is 574. The average molecular weight is 520 g/mol. The van der Waals surface area contributed by atoms with E-state index in [1.807, 2.05) is 20.8 Å². The molecular weight excluding hydrogens is 492 g/mol. The van der Waals surface area contributed by atoms with Crippen LogP contribution in [0.25, 0.3) is 0 Å². The second-order valence-electron chi connectivity index (χ2n) is 6.06. The maximum atomic E-state index is 10.1. The number of benzene rings is 1. The van der Waals surface area contributed by atoms with Crippen LogP contribution >= 0.6 is 47.2 Å². The Morgan fingerprint density at radius 2 is 2.00 bits per heavy atom. The zero-order valence-electron chi connectivity index (χ0n) is 15.5. The minimum absolute atomic E-state index is 0. The zero-order chi connectivity index (χ0) is 18.9. The number of nitrogens with zero attached hydrogens (tertiary/aromatic N) is 1. The number of hydrogen-bond donors (Lipinski definition) is 3. The van der Waals surface area contributed by atoms with Gasteiger partial charge in [0.2, 0.25) is 0 Å². The van der Waals surface area contributed by atoms with Gasteiger partial charge >= 0.3 is 0 Å². The van der Waals surface area contributed by atoms with Crippen molar-refractivity contribution >= 4 is 53.1 Å². The van der Waals surface area contributed by atoms with E-state index in [0.717, 1.165) is 0 Å². The molecule has 0 amide bonds. The molecule has 0 saturated heterocycles. The van der Waals surface area contributed by atoms with E-state index in [9.17, 15) is 5.11 Å². The van der Waals surface area contributed by atoms with Crippen LogP contribution in [0, 0.1) is 0 Å². The molecule has 1 aromatic rings. The van der Waals surface area contributed by atoms with Crippen molar-refractivity contribution in [2.45, 2.75) is 32.5 Å². The van der Waals surface area contributed by atoms with Crippen molar-refractivity contribution in [3.63, 3.8) is 0 Å². The first-order chi connectivity index (χ1) is 11.8. The second kappa shape index (κ2) is 12.8. The molecule has 1 rings (SSSR count). The van der Waals surface area contributed by atoms with Gasteiger partial charge in [0.1, 0.15) is 23.5 Å². The van der Waals surface area contributed by atoms with Crippen molar-refractivity contribution in [3.8, 4) is 5.75 Å². The summed E-state index contributed by atoms with van der Waals surface area (Å²) in [6.07, 6.45) is -0.741. The Balaban J connectivity index is 0.00000625. The van der Waals surface area contributed by atoms with Crippen LogP contribution in [0.15, 0.2) is 23.2 Å². The predicted molar refractivity (Wildman–Crippen MR) is 118 cm³/mol. The summed E-state index contributed by atoms with van der Waals surface area (Å²) in [6.45, 7) is 7.44. The summed E-state index contributed by atoms with van der Waals surface area (Å²) in [4.78, 5) is 4.45. The quantitative estimate of drug-likeness (QED) is 0.265. The van der Waals surface area contributed by atoms with Crippen molar-refractivity contribution in [2.24, 2.45) is 4.99 Å². The van der Waals surface area contributed by atoms with Gasteiger partial charge in [0, 0.05) is 20.2 Å². The standard InChI is InChI=1S/C17H27Cl2N3O3.HI/c1-5-20-16(22-11-17(2,3)24-4)21-9-12(23)10-25-14-8-6-7-13(18)15(14)19;/h6-8,12,23H,5,9-11H2,1-4H3,(H2,20,21,22);1H. The van der Waals surface area contributed by atoms with Crippen LogP contribution in [0.2, 0.25) is 10.0 Å². The highest BCUT2D eigenvalue weighted by atomic mass is 127. The molecule has 150 valence electrons. The fourth-order valence-electron chi connectivity index (χ4n) is 1.73. The number of rotatable bonds is 9. The summed E-state index contributed by atoms with van der Waals surface area (Å²) in [6, 6.07) is 5.11. The summed E-state index contributed by atoms with van der Waals surface area (Å²) in [5.41, 5.74) is -0.354. The minimum atomic E-state index is -0.741. The van der Waals surface area contributed by atoms with Gasteiger partial charge in [-0.2, -0.15) is 0 Å². The molecular formula is C17H28Cl2IN3O3. The van der Waals surface area contributed by atoms with Crippen molar-refractivity contribution in [3.05, 3.63) is 28.2 Å². The number of aliphatic imine (C=N–C) groups is 1. The summed E-state index contributed by atoms with van der Waals surface area (Å²) in [5, 5.41) is 17.0. The lowest BCUT2D eigenvalue weighted by Crippen LogP contribution is -2.43. The minimum Gasteiger partial charge on any atom is -0.489 e. The van der Waals surface area contributed by atoms with Gasteiger partial charge in [-0.3, -0.25) is 4.99 Å². The molecule has 26 heavy (non-hydrogen) atoms. The molecule has 1 unspecified atom stereocenters. The fourth-order valence-corrected chi connectivity index (χ4v) is 2.08. The lowest BCUT2D eigenvalue weighted by Gasteiger charge is -2.22. The van der Waals surface area contributed by atoms with E-state index in [1.54, 1.807) is 25.3 Å². The number of guanidine groups is 1. The molecule has 0 heterocycles. The molecule has 6 nitrogen and oxygen atoms in total. The summed E-state index contributed by atoms with van der Waals surface area (Å²) in [7, 11) is 1.65. The van der Waals surface area contributed by atoms with Crippen LogP contribution in [0.3, 0.4) is 0 Å². The van der Waals surface area contributed by atoms with E-state index < -0.39 is 6.10 Å². The molecule has 0 aromatic heterocycles. The highest BCUT2D eigenvalue weighted by Gasteiger charge is 2.16. The highest BCUT2D eigenvalue weighted by Crippen LogP contribution is 2.31. The first-order valence-corrected chi connectivity index (χ1v) is 8.87. The topological polar surface area (TPSA) is 75.1 Å². The molecule has 0 saturated carbocycles. The molecule has 0 aliphatic carbocycles. The van der Waals surface area contributed by atoms with Gasteiger partial charge in [-0.05, 0) is 32.9 Å². The summed E-state index contributed by atoms with van der Waals surface area (Å²) in [5.74, 6) is 1.04. The summed E-state index contributed by atoms with van der Waals surface area (Å²) < 4.78 is 10.9. The van der Waals surface area contributed by atoms with E-state index in [1.165, 1.54) is 0 Å². The van der Waals surface area contributed by atoms with E-state index >= 15 is 0 Å². The average Bonchev–Trinajstić information content (AvgIpc) is 2.58. The summed E-state index contributed by atoms with van der Waals surface area (Å²) >= 11 is 12.0. The lowest BCUT2D eigenvalue weighted by atomic mass is 10.1. The molecule has 0 spiro atoms. The van der Waals surface area contributed by atoms with E-state index in [-0.39, 0.29) is 42.7 Å². The van der Waals surface area contributed by atoms with Gasteiger partial charge in [0.25, 0.3) is 0 Å². The van der Waals surface area contributed by atoms with Gasteiger partial charge < -0.3 is 25.2 Å². The molecule has 1 aromatic carbocycles. The monoisotopic (exact) mass is 519 g/mol. The normalized spacial score (nSPS) is 13.0. The third-order valence-electron chi connectivity index (χ3n) is 3.37.